The monoisotopic (exact) mass is 426 g/mol. The maximum Gasteiger partial charge on any atom is 0.262 e. The fourth-order valence-corrected chi connectivity index (χ4v) is 4.50. The van der Waals surface area contributed by atoms with E-state index >= 15 is 0 Å². The number of aryl methyl sites for hydroxylation is 1. The Bertz CT molecular complexity index is 1080. The highest BCUT2D eigenvalue weighted by molar-refractivity contribution is 7.18. The molecule has 1 atom stereocenters. The summed E-state index contributed by atoms with van der Waals surface area (Å²) in [6.45, 7) is 2.42. The second-order valence-corrected chi connectivity index (χ2v) is 8.22. The summed E-state index contributed by atoms with van der Waals surface area (Å²) in [4.78, 5) is 25.9. The van der Waals surface area contributed by atoms with Crippen molar-refractivity contribution in [2.45, 2.75) is 19.4 Å². The van der Waals surface area contributed by atoms with Crippen molar-refractivity contribution in [3.05, 3.63) is 81.2 Å². The smallest absolute Gasteiger partial charge is 0.262 e. The lowest BCUT2D eigenvalue weighted by Gasteiger charge is -2.26. The molecule has 0 bridgehead atoms. The van der Waals surface area contributed by atoms with E-state index in [-0.39, 0.29) is 17.9 Å². The lowest BCUT2D eigenvalue weighted by Crippen LogP contribution is -2.32. The van der Waals surface area contributed by atoms with Crippen molar-refractivity contribution < 1.29 is 14.3 Å². The van der Waals surface area contributed by atoms with Gasteiger partial charge in [-0.3, -0.25) is 9.59 Å². The third kappa shape index (κ3) is 4.13. The van der Waals surface area contributed by atoms with Crippen molar-refractivity contribution in [3.8, 4) is 5.75 Å². The van der Waals surface area contributed by atoms with Crippen LogP contribution in [0.2, 0.25) is 5.02 Å². The maximum atomic E-state index is 12.9. The number of halogens is 1. The lowest BCUT2D eigenvalue weighted by molar-refractivity contribution is 0.0927. The van der Waals surface area contributed by atoms with Gasteiger partial charge in [-0.15, -0.1) is 11.3 Å². The van der Waals surface area contributed by atoms with Crippen LogP contribution in [0.4, 0.5) is 5.00 Å². The van der Waals surface area contributed by atoms with Crippen LogP contribution >= 0.6 is 22.9 Å². The highest BCUT2D eigenvalue weighted by atomic mass is 35.5. The first kappa shape index (κ1) is 19.5. The first-order valence-corrected chi connectivity index (χ1v) is 10.4. The predicted molar refractivity (Wildman–Crippen MR) is 115 cm³/mol. The van der Waals surface area contributed by atoms with Gasteiger partial charge in [0.15, 0.2) is 0 Å². The van der Waals surface area contributed by atoms with Gasteiger partial charge >= 0.3 is 0 Å². The number of rotatable bonds is 4. The molecule has 1 aromatic heterocycles. The van der Waals surface area contributed by atoms with Crippen molar-refractivity contribution >= 4 is 39.8 Å². The number of hydrogen-bond acceptors (Lipinski definition) is 4. The van der Waals surface area contributed by atoms with Gasteiger partial charge in [-0.25, -0.2) is 0 Å². The number of amides is 2. The molecular formula is C22H19ClN2O3S. The Morgan fingerprint density at radius 2 is 1.86 bits per heavy atom. The summed E-state index contributed by atoms with van der Waals surface area (Å²) >= 11 is 7.34. The van der Waals surface area contributed by atoms with Crippen molar-refractivity contribution in [1.29, 1.82) is 0 Å². The number of hydrogen-bond donors (Lipinski definition) is 2. The van der Waals surface area contributed by atoms with E-state index in [1.807, 2.05) is 31.2 Å². The Labute approximate surface area is 177 Å². The van der Waals surface area contributed by atoms with Crippen molar-refractivity contribution in [2.24, 2.45) is 0 Å². The van der Waals surface area contributed by atoms with Gasteiger partial charge in [0.25, 0.3) is 11.8 Å². The molecule has 7 heteroatoms. The highest BCUT2D eigenvalue weighted by Gasteiger charge is 2.25. The quantitative estimate of drug-likeness (QED) is 0.601. The summed E-state index contributed by atoms with van der Waals surface area (Å²) < 4.78 is 5.66. The Balaban J connectivity index is 1.49. The Morgan fingerprint density at radius 3 is 2.69 bits per heavy atom. The van der Waals surface area contributed by atoms with E-state index in [0.29, 0.717) is 33.5 Å². The molecule has 0 saturated carbocycles. The summed E-state index contributed by atoms with van der Waals surface area (Å²) in [5.74, 6) is 0.342. The molecule has 0 fully saturated rings. The summed E-state index contributed by atoms with van der Waals surface area (Å²) in [7, 11) is 0. The van der Waals surface area contributed by atoms with Crippen LogP contribution in [0, 0.1) is 6.92 Å². The number of benzene rings is 2. The van der Waals surface area contributed by atoms with E-state index in [1.54, 1.807) is 30.3 Å². The van der Waals surface area contributed by atoms with Crippen molar-refractivity contribution in [3.63, 3.8) is 0 Å². The molecule has 5 nitrogen and oxygen atoms in total. The third-order valence-corrected chi connectivity index (χ3v) is 6.22. The van der Waals surface area contributed by atoms with Crippen LogP contribution < -0.4 is 15.4 Å². The molecule has 1 aliphatic heterocycles. The topological polar surface area (TPSA) is 67.4 Å². The number of anilines is 1. The fourth-order valence-electron chi connectivity index (χ4n) is 3.31. The van der Waals surface area contributed by atoms with E-state index in [9.17, 15) is 9.59 Å². The maximum absolute atomic E-state index is 12.9. The number of ether oxygens (including phenoxy) is 1. The predicted octanol–water partition coefficient (Wildman–Crippen LogP) is 5.22. The Hall–Kier alpha value is -2.83. The van der Waals surface area contributed by atoms with Crippen LogP contribution in [0.15, 0.2) is 54.6 Å². The van der Waals surface area contributed by atoms with E-state index in [2.05, 4.69) is 10.6 Å². The molecule has 2 amide bonds. The molecule has 0 spiro atoms. The zero-order valence-electron chi connectivity index (χ0n) is 15.7. The van der Waals surface area contributed by atoms with Crippen LogP contribution in [0.1, 0.15) is 43.6 Å². The number of nitrogens with one attached hydrogen (secondary N) is 2. The molecule has 0 aliphatic carbocycles. The standard InChI is InChI=1S/C22H19ClN2O3S/c1-13-12-19(25-21(26)14-6-2-4-8-16(14)23)29-20(13)22(27)24-17-10-11-28-18-9-5-3-7-15(17)18/h2-9,12,17H,10-11H2,1H3,(H,24,27)(H,25,26). The molecular weight excluding hydrogens is 408 g/mol. The molecule has 29 heavy (non-hydrogen) atoms. The highest BCUT2D eigenvalue weighted by Crippen LogP contribution is 2.33. The largest absolute Gasteiger partial charge is 0.493 e. The van der Waals surface area contributed by atoms with E-state index in [1.165, 1.54) is 11.3 Å². The van der Waals surface area contributed by atoms with Gasteiger partial charge in [0.2, 0.25) is 0 Å². The third-order valence-electron chi connectivity index (χ3n) is 4.74. The second kappa shape index (κ2) is 8.27. The average molecular weight is 427 g/mol. The normalized spacial score (nSPS) is 15.2. The minimum absolute atomic E-state index is 0.102. The van der Waals surface area contributed by atoms with Crippen LogP contribution in [-0.4, -0.2) is 18.4 Å². The van der Waals surface area contributed by atoms with Crippen molar-refractivity contribution in [2.75, 3.05) is 11.9 Å². The zero-order chi connectivity index (χ0) is 20.4. The fraction of sp³-hybridized carbons (Fsp3) is 0.182. The van der Waals surface area contributed by atoms with Gasteiger partial charge < -0.3 is 15.4 Å². The molecule has 3 aromatic rings. The minimum atomic E-state index is -0.304. The average Bonchev–Trinajstić information content (AvgIpc) is 3.08. The number of thiophene rings is 1. The van der Waals surface area contributed by atoms with Gasteiger partial charge in [-0.2, -0.15) is 0 Å². The number of fused-ring (bicyclic) bond motifs is 1. The molecule has 148 valence electrons. The molecule has 0 saturated heterocycles. The Kier molecular flexibility index (Phi) is 5.56. The summed E-state index contributed by atoms with van der Waals surface area (Å²) in [5, 5.41) is 6.91. The molecule has 2 aromatic carbocycles. The second-order valence-electron chi connectivity index (χ2n) is 6.76. The van der Waals surface area contributed by atoms with Crippen molar-refractivity contribution in [1.82, 2.24) is 5.32 Å². The molecule has 0 radical (unpaired) electrons. The van der Waals surface area contributed by atoms with Gasteiger partial charge in [-0.1, -0.05) is 41.9 Å². The minimum Gasteiger partial charge on any atom is -0.493 e. The van der Waals surface area contributed by atoms with E-state index in [0.717, 1.165) is 16.9 Å². The first-order valence-electron chi connectivity index (χ1n) is 9.22. The molecule has 1 unspecified atom stereocenters. The van der Waals surface area contributed by atoms with E-state index in [4.69, 9.17) is 16.3 Å². The SMILES string of the molecule is Cc1cc(NC(=O)c2ccccc2Cl)sc1C(=O)NC1CCOc2ccccc21. The summed E-state index contributed by atoms with van der Waals surface area (Å²) in [5.41, 5.74) is 2.18. The van der Waals surface area contributed by atoms with Gasteiger partial charge in [-0.05, 0) is 36.8 Å². The number of carbonyl (C=O) groups is 2. The molecule has 2 heterocycles. The molecule has 4 rings (SSSR count). The summed E-state index contributed by atoms with van der Waals surface area (Å²) in [6.07, 6.45) is 0.712. The molecule has 2 N–H and O–H groups in total. The van der Waals surface area contributed by atoms with Gasteiger partial charge in [0, 0.05) is 12.0 Å². The van der Waals surface area contributed by atoms with Gasteiger partial charge in [0.05, 0.1) is 33.1 Å². The zero-order valence-corrected chi connectivity index (χ0v) is 17.3. The van der Waals surface area contributed by atoms with Gasteiger partial charge in [0.1, 0.15) is 5.75 Å². The number of carbonyl (C=O) groups excluding carboxylic acids is 2. The van der Waals surface area contributed by atoms with Crippen LogP contribution in [-0.2, 0) is 0 Å². The Morgan fingerprint density at radius 1 is 1.10 bits per heavy atom. The van der Waals surface area contributed by atoms with Crippen LogP contribution in [0.5, 0.6) is 5.75 Å². The van der Waals surface area contributed by atoms with Crippen LogP contribution in [0.25, 0.3) is 0 Å². The van der Waals surface area contributed by atoms with Crippen LogP contribution in [0.3, 0.4) is 0 Å². The molecule has 1 aliphatic rings. The lowest BCUT2D eigenvalue weighted by atomic mass is 10.0. The first-order chi connectivity index (χ1) is 14.0. The number of para-hydroxylation sites is 1. The van der Waals surface area contributed by atoms with E-state index < -0.39 is 0 Å². The summed E-state index contributed by atoms with van der Waals surface area (Å²) in [6, 6.07) is 16.3.